The minimum Gasteiger partial charge on any atom is -0.493 e. The summed E-state index contributed by atoms with van der Waals surface area (Å²) in [7, 11) is 4.95. The number of unbranched alkanes of at least 4 members (excludes halogenated alkanes) is 3. The summed E-state index contributed by atoms with van der Waals surface area (Å²) in [6.07, 6.45) is 4.24. The van der Waals surface area contributed by atoms with Crippen LogP contribution in [0.4, 0.5) is 0 Å². The zero-order valence-electron chi connectivity index (χ0n) is 20.4. The minimum absolute atomic E-state index is 0.0419. The van der Waals surface area contributed by atoms with E-state index in [1.54, 1.807) is 30.7 Å². The van der Waals surface area contributed by atoms with Gasteiger partial charge in [0.1, 0.15) is 0 Å². The Morgan fingerprint density at radius 3 is 2.56 bits per heavy atom. The van der Waals surface area contributed by atoms with Crippen molar-refractivity contribution in [2.75, 3.05) is 27.0 Å². The van der Waals surface area contributed by atoms with Crippen LogP contribution in [0, 0.1) is 0 Å². The van der Waals surface area contributed by atoms with Crippen molar-refractivity contribution in [2.24, 2.45) is 0 Å². The number of rotatable bonds is 12. The number of carbonyl (C=O) groups excluding carboxylic acids is 1. The minimum atomic E-state index is -0.0456. The van der Waals surface area contributed by atoms with Crippen molar-refractivity contribution in [1.82, 2.24) is 14.5 Å². The molecule has 3 rings (SSSR count). The molecular weight excluding hydrogens is 450 g/mol. The average molecular weight is 484 g/mol. The van der Waals surface area contributed by atoms with Crippen molar-refractivity contribution < 1.29 is 14.3 Å². The first kappa shape index (κ1) is 25.6. The van der Waals surface area contributed by atoms with Gasteiger partial charge in [0.05, 0.1) is 30.9 Å². The van der Waals surface area contributed by atoms with Crippen LogP contribution in [0.1, 0.15) is 38.2 Å². The molecule has 34 heavy (non-hydrogen) atoms. The average Bonchev–Trinajstić information content (AvgIpc) is 2.86. The molecule has 2 aromatic carbocycles. The number of hydrogen-bond donors (Lipinski definition) is 0. The van der Waals surface area contributed by atoms with Gasteiger partial charge in [-0.25, -0.2) is 4.98 Å². The van der Waals surface area contributed by atoms with E-state index < -0.39 is 0 Å². The van der Waals surface area contributed by atoms with E-state index in [-0.39, 0.29) is 17.2 Å². The van der Waals surface area contributed by atoms with Gasteiger partial charge in [-0.2, -0.15) is 0 Å². The monoisotopic (exact) mass is 483 g/mol. The van der Waals surface area contributed by atoms with E-state index in [1.165, 1.54) is 11.8 Å². The molecule has 0 fully saturated rings. The highest BCUT2D eigenvalue weighted by Gasteiger charge is 2.16. The van der Waals surface area contributed by atoms with Crippen molar-refractivity contribution in [3.8, 4) is 11.5 Å². The van der Waals surface area contributed by atoms with Gasteiger partial charge in [-0.15, -0.1) is 0 Å². The number of benzene rings is 2. The standard InChI is InChI=1S/C26H33N3O4S/c1-5-6-7-10-15-29-25(31)20-11-8-9-12-21(20)27-26(29)34-18-24(30)28(2)17-19-13-14-22(32-3)23(16-19)33-4/h8-9,11-14,16H,5-7,10,15,17-18H2,1-4H3. The molecule has 0 unspecified atom stereocenters. The van der Waals surface area contributed by atoms with Crippen molar-refractivity contribution in [3.63, 3.8) is 0 Å². The zero-order valence-corrected chi connectivity index (χ0v) is 21.2. The molecule has 1 aromatic heterocycles. The highest BCUT2D eigenvalue weighted by atomic mass is 32.2. The fourth-order valence-electron chi connectivity index (χ4n) is 3.73. The molecule has 0 saturated carbocycles. The summed E-state index contributed by atoms with van der Waals surface area (Å²) in [4.78, 5) is 32.4. The van der Waals surface area contributed by atoms with Crippen LogP contribution in [0.15, 0.2) is 52.4 Å². The van der Waals surface area contributed by atoms with Gasteiger partial charge < -0.3 is 14.4 Å². The van der Waals surface area contributed by atoms with Crippen LogP contribution < -0.4 is 15.0 Å². The Morgan fingerprint density at radius 2 is 1.82 bits per heavy atom. The molecule has 0 bridgehead atoms. The zero-order chi connectivity index (χ0) is 24.5. The molecule has 0 atom stereocenters. The maximum Gasteiger partial charge on any atom is 0.262 e. The number of carbonyl (C=O) groups is 1. The van der Waals surface area contributed by atoms with Gasteiger partial charge in [0, 0.05) is 20.1 Å². The molecule has 1 amide bonds. The lowest BCUT2D eigenvalue weighted by Crippen LogP contribution is -2.29. The Hall–Kier alpha value is -3.00. The molecule has 0 aliphatic carbocycles. The largest absolute Gasteiger partial charge is 0.493 e. The topological polar surface area (TPSA) is 73.7 Å². The van der Waals surface area contributed by atoms with Gasteiger partial charge in [0.2, 0.25) is 5.91 Å². The normalized spacial score (nSPS) is 10.9. The number of ether oxygens (including phenoxy) is 2. The van der Waals surface area contributed by atoms with E-state index in [1.807, 2.05) is 42.5 Å². The molecule has 7 nitrogen and oxygen atoms in total. The van der Waals surface area contributed by atoms with Crippen LogP contribution in [-0.4, -0.2) is 47.4 Å². The number of thioether (sulfide) groups is 1. The lowest BCUT2D eigenvalue weighted by Gasteiger charge is -2.19. The maximum atomic E-state index is 13.1. The molecular formula is C26H33N3O4S. The molecule has 182 valence electrons. The maximum absolute atomic E-state index is 13.1. The SMILES string of the molecule is CCCCCCn1c(SCC(=O)N(C)Cc2ccc(OC)c(OC)c2)nc2ccccc2c1=O. The van der Waals surface area contributed by atoms with Gasteiger partial charge in [0.15, 0.2) is 16.7 Å². The second kappa shape index (κ2) is 12.5. The molecule has 0 radical (unpaired) electrons. The fraction of sp³-hybridized carbons (Fsp3) is 0.423. The predicted molar refractivity (Wildman–Crippen MR) is 137 cm³/mol. The quantitative estimate of drug-likeness (QED) is 0.210. The van der Waals surface area contributed by atoms with Crippen LogP contribution in [0.3, 0.4) is 0 Å². The van der Waals surface area contributed by atoms with Gasteiger partial charge in [0.25, 0.3) is 5.56 Å². The molecule has 0 aliphatic heterocycles. The van der Waals surface area contributed by atoms with E-state index in [0.717, 1.165) is 31.2 Å². The molecule has 1 heterocycles. The summed E-state index contributed by atoms with van der Waals surface area (Å²) in [6.45, 7) is 3.21. The highest BCUT2D eigenvalue weighted by molar-refractivity contribution is 7.99. The van der Waals surface area contributed by atoms with Crippen LogP contribution in [0.5, 0.6) is 11.5 Å². The van der Waals surface area contributed by atoms with E-state index in [2.05, 4.69) is 6.92 Å². The number of nitrogens with zero attached hydrogens (tertiary/aromatic N) is 3. The summed E-state index contributed by atoms with van der Waals surface area (Å²) in [5.41, 5.74) is 1.55. The van der Waals surface area contributed by atoms with E-state index in [0.29, 0.717) is 40.6 Å². The van der Waals surface area contributed by atoms with Crippen LogP contribution >= 0.6 is 11.8 Å². The number of amides is 1. The summed E-state index contributed by atoms with van der Waals surface area (Å²) in [5.74, 6) is 1.43. The molecule has 0 saturated heterocycles. The van der Waals surface area contributed by atoms with E-state index in [9.17, 15) is 9.59 Å². The number of methoxy groups -OCH3 is 2. The Bertz CT molecular complexity index is 1180. The lowest BCUT2D eigenvalue weighted by atomic mass is 10.2. The van der Waals surface area contributed by atoms with Crippen molar-refractivity contribution in [3.05, 3.63) is 58.4 Å². The summed E-state index contributed by atoms with van der Waals surface area (Å²) < 4.78 is 12.4. The first-order chi connectivity index (χ1) is 16.5. The number of fused-ring (bicyclic) bond motifs is 1. The Morgan fingerprint density at radius 1 is 1.06 bits per heavy atom. The smallest absolute Gasteiger partial charge is 0.262 e. The Labute approximate surface area is 205 Å². The van der Waals surface area contributed by atoms with E-state index >= 15 is 0 Å². The predicted octanol–water partition coefficient (Wildman–Crippen LogP) is 4.74. The van der Waals surface area contributed by atoms with Gasteiger partial charge in [-0.3, -0.25) is 14.2 Å². The fourth-order valence-corrected chi connectivity index (χ4v) is 4.70. The summed E-state index contributed by atoms with van der Waals surface area (Å²) >= 11 is 1.32. The highest BCUT2D eigenvalue weighted by Crippen LogP contribution is 2.28. The molecule has 3 aromatic rings. The number of aromatic nitrogens is 2. The number of para-hydroxylation sites is 1. The van der Waals surface area contributed by atoms with Crippen molar-refractivity contribution >= 4 is 28.6 Å². The van der Waals surface area contributed by atoms with Crippen molar-refractivity contribution in [2.45, 2.75) is 50.9 Å². The van der Waals surface area contributed by atoms with Gasteiger partial charge >= 0.3 is 0 Å². The Balaban J connectivity index is 1.73. The van der Waals surface area contributed by atoms with Crippen molar-refractivity contribution in [1.29, 1.82) is 0 Å². The van der Waals surface area contributed by atoms with Gasteiger partial charge in [-0.1, -0.05) is 56.1 Å². The first-order valence-corrected chi connectivity index (χ1v) is 12.5. The first-order valence-electron chi connectivity index (χ1n) is 11.6. The molecule has 8 heteroatoms. The third-order valence-corrected chi connectivity index (χ3v) is 6.64. The molecule has 0 N–H and O–H groups in total. The van der Waals surface area contributed by atoms with Crippen LogP contribution in [0.2, 0.25) is 0 Å². The lowest BCUT2D eigenvalue weighted by molar-refractivity contribution is -0.127. The third-order valence-electron chi connectivity index (χ3n) is 5.68. The number of hydrogen-bond acceptors (Lipinski definition) is 6. The second-order valence-corrected chi connectivity index (χ2v) is 9.10. The van der Waals surface area contributed by atoms with Crippen LogP contribution in [0.25, 0.3) is 10.9 Å². The van der Waals surface area contributed by atoms with Gasteiger partial charge in [-0.05, 0) is 36.2 Å². The summed E-state index contributed by atoms with van der Waals surface area (Å²) in [5, 5.41) is 1.20. The Kier molecular flexibility index (Phi) is 9.39. The third kappa shape index (κ3) is 6.32. The summed E-state index contributed by atoms with van der Waals surface area (Å²) in [6, 6.07) is 13.0. The second-order valence-electron chi connectivity index (χ2n) is 8.16. The molecule has 0 aliphatic rings. The molecule has 0 spiro atoms. The van der Waals surface area contributed by atoms with Crippen LogP contribution in [-0.2, 0) is 17.9 Å². The van der Waals surface area contributed by atoms with E-state index in [4.69, 9.17) is 14.5 Å².